The van der Waals surface area contributed by atoms with E-state index in [4.69, 9.17) is 15.9 Å². The van der Waals surface area contributed by atoms with Crippen LogP contribution in [-0.2, 0) is 14.4 Å². The molecule has 0 aromatic heterocycles. The minimum Gasteiger partial charge on any atom is -0.480 e. The zero-order chi connectivity index (χ0) is 15.3. The van der Waals surface area contributed by atoms with E-state index in [2.05, 4.69) is 0 Å². The van der Waals surface area contributed by atoms with Gasteiger partial charge in [0.15, 0.2) is 0 Å². The Labute approximate surface area is 107 Å². The molecular formula is C12H23NO5. The number of hydrogen-bond acceptors (Lipinski definition) is 4. The quantitative estimate of drug-likeness (QED) is 0.641. The van der Waals surface area contributed by atoms with E-state index >= 15 is 0 Å². The van der Waals surface area contributed by atoms with Gasteiger partial charge in [-0.25, -0.2) is 4.79 Å². The molecule has 6 heteroatoms. The molecule has 106 valence electrons. The van der Waals surface area contributed by atoms with Crippen molar-refractivity contribution in [1.82, 2.24) is 0 Å². The number of carbonyl (C=O) groups is 3. The summed E-state index contributed by atoms with van der Waals surface area (Å²) in [6.45, 7) is 10.1. The summed E-state index contributed by atoms with van der Waals surface area (Å²) in [5.74, 6) is -3.05. The Bertz CT molecular complexity index is 322. The van der Waals surface area contributed by atoms with Crippen LogP contribution >= 0.6 is 0 Å². The van der Waals surface area contributed by atoms with Crippen molar-refractivity contribution < 1.29 is 24.6 Å². The Morgan fingerprint density at radius 1 is 0.944 bits per heavy atom. The summed E-state index contributed by atoms with van der Waals surface area (Å²) in [4.78, 5) is 30.8. The molecule has 18 heavy (non-hydrogen) atoms. The standard InChI is InChI=1S/C6H13NO2.C6H10O3/c2*1-6(2,3)4(7)5(8)9/h4H,7H2,1-3H3,(H,8,9);1-3H3,(H,8,9)/t4-;/m1./s1. The van der Waals surface area contributed by atoms with E-state index in [1.54, 1.807) is 41.5 Å². The molecule has 0 aromatic rings. The third-order valence-electron chi connectivity index (χ3n) is 2.07. The fourth-order valence-electron chi connectivity index (χ4n) is 0.691. The Balaban J connectivity index is 0. The molecule has 0 heterocycles. The van der Waals surface area contributed by atoms with Gasteiger partial charge in [-0.3, -0.25) is 9.59 Å². The third-order valence-corrected chi connectivity index (χ3v) is 2.07. The van der Waals surface area contributed by atoms with E-state index in [1.807, 2.05) is 0 Å². The highest BCUT2D eigenvalue weighted by molar-refractivity contribution is 6.34. The Kier molecular flexibility index (Phi) is 6.82. The van der Waals surface area contributed by atoms with Gasteiger partial charge in [-0.1, -0.05) is 41.5 Å². The number of ketones is 1. The van der Waals surface area contributed by atoms with Gasteiger partial charge in [0, 0.05) is 5.41 Å². The first-order valence-corrected chi connectivity index (χ1v) is 5.47. The number of nitrogens with two attached hydrogens (primary N) is 1. The highest BCUT2D eigenvalue weighted by atomic mass is 16.4. The second kappa shape index (κ2) is 6.49. The molecule has 0 fully saturated rings. The molecule has 0 aliphatic rings. The zero-order valence-electron chi connectivity index (χ0n) is 11.8. The molecule has 6 nitrogen and oxygen atoms in total. The lowest BCUT2D eigenvalue weighted by atomic mass is 9.88. The summed E-state index contributed by atoms with van der Waals surface area (Å²) in [5.41, 5.74) is 4.19. The number of aliphatic carboxylic acids is 2. The lowest BCUT2D eigenvalue weighted by Gasteiger charge is -2.22. The lowest BCUT2D eigenvalue weighted by Crippen LogP contribution is -2.41. The summed E-state index contributed by atoms with van der Waals surface area (Å²) in [7, 11) is 0. The molecular weight excluding hydrogens is 238 g/mol. The SMILES string of the molecule is CC(C)(C)C(=O)C(=O)O.CC(C)(C)[C@H](N)C(=O)O. The Hall–Kier alpha value is -1.43. The maximum absolute atomic E-state index is 10.6. The number of carboxylic acid groups (broad SMARTS) is 2. The Morgan fingerprint density at radius 3 is 1.28 bits per heavy atom. The van der Waals surface area contributed by atoms with Gasteiger partial charge in [-0.05, 0) is 5.41 Å². The molecule has 0 amide bonds. The van der Waals surface area contributed by atoms with E-state index in [-0.39, 0.29) is 5.41 Å². The minimum atomic E-state index is -1.36. The molecule has 4 N–H and O–H groups in total. The van der Waals surface area contributed by atoms with E-state index in [9.17, 15) is 14.4 Å². The van der Waals surface area contributed by atoms with Crippen molar-refractivity contribution in [3.63, 3.8) is 0 Å². The molecule has 0 aliphatic heterocycles. The summed E-state index contributed by atoms with van der Waals surface area (Å²) in [6.07, 6.45) is 0. The van der Waals surface area contributed by atoms with Crippen LogP contribution in [0.15, 0.2) is 0 Å². The third kappa shape index (κ3) is 7.78. The minimum absolute atomic E-state index is 0.341. The van der Waals surface area contributed by atoms with Crippen LogP contribution < -0.4 is 5.73 Å². The number of Topliss-reactive ketones (excluding diaryl/α,β-unsaturated/α-hetero) is 1. The number of rotatable bonds is 2. The fourth-order valence-corrected chi connectivity index (χ4v) is 0.691. The van der Waals surface area contributed by atoms with Gasteiger partial charge in [0.1, 0.15) is 6.04 Å². The van der Waals surface area contributed by atoms with Crippen LogP contribution in [0.5, 0.6) is 0 Å². The first kappa shape index (κ1) is 18.9. The van der Waals surface area contributed by atoms with Gasteiger partial charge in [0.2, 0.25) is 5.78 Å². The van der Waals surface area contributed by atoms with Crippen LogP contribution in [0.4, 0.5) is 0 Å². The summed E-state index contributed by atoms with van der Waals surface area (Å²) in [5, 5.41) is 16.6. The highest BCUT2D eigenvalue weighted by Crippen LogP contribution is 2.16. The van der Waals surface area contributed by atoms with Crippen LogP contribution in [0.25, 0.3) is 0 Å². The molecule has 0 saturated heterocycles. The first-order valence-electron chi connectivity index (χ1n) is 5.47. The molecule has 0 aromatic carbocycles. The van der Waals surface area contributed by atoms with E-state index in [0.717, 1.165) is 0 Å². The molecule has 0 rings (SSSR count). The van der Waals surface area contributed by atoms with Crippen molar-refractivity contribution in [1.29, 1.82) is 0 Å². The van der Waals surface area contributed by atoms with Gasteiger partial charge in [-0.2, -0.15) is 0 Å². The van der Waals surface area contributed by atoms with E-state index in [1.165, 1.54) is 0 Å². The normalized spacial score (nSPS) is 13.1. The molecule has 0 saturated carbocycles. The van der Waals surface area contributed by atoms with Crippen molar-refractivity contribution in [2.75, 3.05) is 0 Å². The van der Waals surface area contributed by atoms with Crippen molar-refractivity contribution in [2.45, 2.75) is 47.6 Å². The van der Waals surface area contributed by atoms with E-state index < -0.39 is 29.2 Å². The summed E-state index contributed by atoms with van der Waals surface area (Å²) < 4.78 is 0. The van der Waals surface area contributed by atoms with Gasteiger partial charge in [0.25, 0.3) is 0 Å². The van der Waals surface area contributed by atoms with Crippen LogP contribution in [-0.4, -0.2) is 34.0 Å². The van der Waals surface area contributed by atoms with Gasteiger partial charge in [0.05, 0.1) is 0 Å². The number of carboxylic acids is 2. The molecule has 1 atom stereocenters. The highest BCUT2D eigenvalue weighted by Gasteiger charge is 2.27. The van der Waals surface area contributed by atoms with Gasteiger partial charge in [-0.15, -0.1) is 0 Å². The fraction of sp³-hybridized carbons (Fsp3) is 0.750. The smallest absolute Gasteiger partial charge is 0.372 e. The number of hydrogen-bond donors (Lipinski definition) is 3. The van der Waals surface area contributed by atoms with Gasteiger partial charge < -0.3 is 15.9 Å². The van der Waals surface area contributed by atoms with Crippen molar-refractivity contribution in [2.24, 2.45) is 16.6 Å². The van der Waals surface area contributed by atoms with Crippen LogP contribution in [0.3, 0.4) is 0 Å². The second-order valence-electron chi connectivity index (χ2n) is 6.07. The first-order chi connectivity index (χ1) is 7.71. The molecule has 0 radical (unpaired) electrons. The van der Waals surface area contributed by atoms with Crippen molar-refractivity contribution >= 4 is 17.7 Å². The van der Waals surface area contributed by atoms with Crippen molar-refractivity contribution in [3.05, 3.63) is 0 Å². The summed E-state index contributed by atoms with van der Waals surface area (Å²) in [6, 6.07) is -0.766. The van der Waals surface area contributed by atoms with Gasteiger partial charge >= 0.3 is 11.9 Å². The predicted octanol–water partition coefficient (Wildman–Crippen LogP) is 1.13. The topological polar surface area (TPSA) is 118 Å². The molecule has 0 unspecified atom stereocenters. The molecule has 0 bridgehead atoms. The predicted molar refractivity (Wildman–Crippen MR) is 67.2 cm³/mol. The zero-order valence-corrected chi connectivity index (χ0v) is 11.8. The average molecular weight is 261 g/mol. The maximum Gasteiger partial charge on any atom is 0.372 e. The second-order valence-corrected chi connectivity index (χ2v) is 6.07. The largest absolute Gasteiger partial charge is 0.480 e. The maximum atomic E-state index is 10.6. The number of carbonyl (C=O) groups excluding carboxylic acids is 1. The van der Waals surface area contributed by atoms with Crippen molar-refractivity contribution in [3.8, 4) is 0 Å². The summed E-state index contributed by atoms with van der Waals surface area (Å²) >= 11 is 0. The molecule has 0 aliphatic carbocycles. The molecule has 0 spiro atoms. The lowest BCUT2D eigenvalue weighted by molar-refractivity contribution is -0.152. The Morgan fingerprint density at radius 2 is 1.28 bits per heavy atom. The average Bonchev–Trinajstić information content (AvgIpc) is 2.13. The van der Waals surface area contributed by atoms with E-state index in [0.29, 0.717) is 0 Å². The van der Waals surface area contributed by atoms with Crippen LogP contribution in [0.1, 0.15) is 41.5 Å². The monoisotopic (exact) mass is 261 g/mol. The van der Waals surface area contributed by atoms with Crippen LogP contribution in [0.2, 0.25) is 0 Å². The van der Waals surface area contributed by atoms with Crippen LogP contribution in [0, 0.1) is 10.8 Å².